The minimum atomic E-state index is -0.0672. The van der Waals surface area contributed by atoms with Crippen LogP contribution in [0.3, 0.4) is 0 Å². The molecule has 2 aromatic heterocycles. The third-order valence-electron chi connectivity index (χ3n) is 2.83. The highest BCUT2D eigenvalue weighted by Crippen LogP contribution is 2.31. The summed E-state index contributed by atoms with van der Waals surface area (Å²) in [6.45, 7) is 8.15. The van der Waals surface area contributed by atoms with E-state index in [4.69, 9.17) is 10.2 Å². The summed E-state index contributed by atoms with van der Waals surface area (Å²) in [5, 5.41) is 0. The summed E-state index contributed by atoms with van der Waals surface area (Å²) in [5.41, 5.74) is 8.60. The van der Waals surface area contributed by atoms with Gasteiger partial charge in [-0.2, -0.15) is 0 Å². The Morgan fingerprint density at radius 2 is 1.81 bits per heavy atom. The van der Waals surface area contributed by atoms with Crippen molar-refractivity contribution in [3.05, 3.63) is 44.5 Å². The Bertz CT molecular complexity index is 464. The smallest absolute Gasteiger partial charge is 0.106 e. The number of furan rings is 1. The summed E-state index contributed by atoms with van der Waals surface area (Å²) in [6, 6.07) is 4.14. The topological polar surface area (TPSA) is 39.2 Å². The van der Waals surface area contributed by atoms with Crippen LogP contribution in [0.4, 0.5) is 0 Å². The maximum atomic E-state index is 6.29. The van der Waals surface area contributed by atoms with Crippen molar-refractivity contribution < 1.29 is 4.42 Å². The molecule has 2 aromatic rings. The van der Waals surface area contributed by atoms with Crippen LogP contribution in [-0.2, 0) is 0 Å². The molecule has 1 atom stereocenters. The Labute approximate surface area is 100 Å². The highest BCUT2D eigenvalue weighted by molar-refractivity contribution is 7.12. The summed E-state index contributed by atoms with van der Waals surface area (Å²) >= 11 is 1.79. The number of aryl methyl sites for hydroxylation is 4. The zero-order valence-electron chi connectivity index (χ0n) is 10.1. The minimum absolute atomic E-state index is 0.0672. The largest absolute Gasteiger partial charge is 0.466 e. The van der Waals surface area contributed by atoms with Gasteiger partial charge in [0, 0.05) is 15.3 Å². The number of hydrogen-bond donors (Lipinski definition) is 1. The van der Waals surface area contributed by atoms with Crippen LogP contribution in [0.25, 0.3) is 0 Å². The van der Waals surface area contributed by atoms with Crippen LogP contribution in [0.2, 0.25) is 0 Å². The second kappa shape index (κ2) is 4.07. The third kappa shape index (κ3) is 1.93. The van der Waals surface area contributed by atoms with E-state index in [1.807, 2.05) is 19.9 Å². The normalized spacial score (nSPS) is 13.1. The van der Waals surface area contributed by atoms with Crippen LogP contribution in [0, 0.1) is 27.7 Å². The molecule has 0 aliphatic carbocycles. The Hall–Kier alpha value is -1.06. The van der Waals surface area contributed by atoms with Gasteiger partial charge in [0.05, 0.1) is 6.04 Å². The molecule has 0 aliphatic rings. The van der Waals surface area contributed by atoms with Crippen molar-refractivity contribution in [2.45, 2.75) is 33.7 Å². The lowest BCUT2D eigenvalue weighted by Gasteiger charge is -2.10. The fourth-order valence-electron chi connectivity index (χ4n) is 2.09. The molecule has 0 bridgehead atoms. The summed E-state index contributed by atoms with van der Waals surface area (Å²) in [6.07, 6.45) is 0. The van der Waals surface area contributed by atoms with Gasteiger partial charge in [0.15, 0.2) is 0 Å². The molecule has 16 heavy (non-hydrogen) atoms. The maximum Gasteiger partial charge on any atom is 0.106 e. The van der Waals surface area contributed by atoms with Gasteiger partial charge in [-0.1, -0.05) is 0 Å². The first-order valence-corrected chi connectivity index (χ1v) is 6.20. The molecule has 2 nitrogen and oxygen atoms in total. The average Bonchev–Trinajstić information content (AvgIpc) is 2.68. The molecular weight excluding hydrogens is 218 g/mol. The molecule has 1 unspecified atom stereocenters. The van der Waals surface area contributed by atoms with Crippen molar-refractivity contribution in [1.29, 1.82) is 0 Å². The van der Waals surface area contributed by atoms with E-state index in [-0.39, 0.29) is 6.04 Å². The second-order valence-electron chi connectivity index (χ2n) is 4.21. The molecule has 0 radical (unpaired) electrons. The van der Waals surface area contributed by atoms with Crippen LogP contribution < -0.4 is 5.73 Å². The highest BCUT2D eigenvalue weighted by Gasteiger charge is 2.18. The third-order valence-corrected chi connectivity index (χ3v) is 3.81. The van der Waals surface area contributed by atoms with E-state index in [1.165, 1.54) is 15.3 Å². The minimum Gasteiger partial charge on any atom is -0.466 e. The van der Waals surface area contributed by atoms with Gasteiger partial charge in [-0.3, -0.25) is 0 Å². The van der Waals surface area contributed by atoms with Gasteiger partial charge in [-0.05, 0) is 45.4 Å². The van der Waals surface area contributed by atoms with Gasteiger partial charge in [0.2, 0.25) is 0 Å². The molecule has 0 aromatic carbocycles. The zero-order chi connectivity index (χ0) is 11.9. The lowest BCUT2D eigenvalue weighted by molar-refractivity contribution is 0.499. The summed E-state index contributed by atoms with van der Waals surface area (Å²) in [4.78, 5) is 2.60. The van der Waals surface area contributed by atoms with Gasteiger partial charge in [-0.25, -0.2) is 0 Å². The monoisotopic (exact) mass is 235 g/mol. The number of hydrogen-bond acceptors (Lipinski definition) is 3. The molecule has 0 amide bonds. The molecule has 0 saturated carbocycles. The average molecular weight is 235 g/mol. The van der Waals surface area contributed by atoms with E-state index in [0.717, 1.165) is 17.1 Å². The van der Waals surface area contributed by atoms with E-state index >= 15 is 0 Å². The molecule has 0 saturated heterocycles. The van der Waals surface area contributed by atoms with Crippen molar-refractivity contribution in [3.63, 3.8) is 0 Å². The van der Waals surface area contributed by atoms with Gasteiger partial charge < -0.3 is 10.2 Å². The molecular formula is C13H17NOS. The fraction of sp³-hybridized carbons (Fsp3) is 0.385. The van der Waals surface area contributed by atoms with Crippen LogP contribution in [0.1, 0.15) is 38.4 Å². The Balaban J connectivity index is 2.42. The zero-order valence-corrected chi connectivity index (χ0v) is 10.9. The van der Waals surface area contributed by atoms with Crippen LogP contribution in [0.5, 0.6) is 0 Å². The SMILES string of the molecule is Cc1cc(C(N)c2cc(C)sc2C)c(C)o1. The first-order valence-electron chi connectivity index (χ1n) is 5.38. The van der Waals surface area contributed by atoms with Crippen LogP contribution in [-0.4, -0.2) is 0 Å². The van der Waals surface area contributed by atoms with Crippen molar-refractivity contribution in [2.75, 3.05) is 0 Å². The quantitative estimate of drug-likeness (QED) is 0.863. The van der Waals surface area contributed by atoms with Crippen molar-refractivity contribution >= 4 is 11.3 Å². The van der Waals surface area contributed by atoms with E-state index in [2.05, 4.69) is 19.9 Å². The molecule has 2 heterocycles. The second-order valence-corrected chi connectivity index (χ2v) is 5.68. The van der Waals surface area contributed by atoms with Crippen molar-refractivity contribution in [1.82, 2.24) is 0 Å². The molecule has 0 aliphatic heterocycles. The fourth-order valence-corrected chi connectivity index (χ4v) is 3.06. The lowest BCUT2D eigenvalue weighted by atomic mass is 10.0. The predicted molar refractivity (Wildman–Crippen MR) is 68.0 cm³/mol. The summed E-state index contributed by atoms with van der Waals surface area (Å²) < 4.78 is 5.53. The predicted octanol–water partition coefficient (Wildman–Crippen LogP) is 3.62. The van der Waals surface area contributed by atoms with E-state index in [0.29, 0.717) is 0 Å². The Kier molecular flexibility index (Phi) is 2.91. The van der Waals surface area contributed by atoms with Gasteiger partial charge in [0.25, 0.3) is 0 Å². The van der Waals surface area contributed by atoms with Gasteiger partial charge in [0.1, 0.15) is 11.5 Å². The first-order chi connectivity index (χ1) is 7.49. The molecule has 0 spiro atoms. The molecule has 2 N–H and O–H groups in total. The van der Waals surface area contributed by atoms with Gasteiger partial charge in [-0.15, -0.1) is 11.3 Å². The molecule has 86 valence electrons. The first kappa shape index (κ1) is 11.4. The van der Waals surface area contributed by atoms with Crippen molar-refractivity contribution in [3.8, 4) is 0 Å². The molecule has 0 fully saturated rings. The maximum absolute atomic E-state index is 6.29. The van der Waals surface area contributed by atoms with Gasteiger partial charge >= 0.3 is 0 Å². The van der Waals surface area contributed by atoms with E-state index in [1.54, 1.807) is 11.3 Å². The number of rotatable bonds is 2. The summed E-state index contributed by atoms with van der Waals surface area (Å²) in [7, 11) is 0. The number of nitrogens with two attached hydrogens (primary N) is 1. The standard InChI is InChI=1S/C13H17NOS/c1-7-5-11(9(3)15-7)13(14)12-6-8(2)16-10(12)4/h5-6,13H,14H2,1-4H3. The van der Waals surface area contributed by atoms with E-state index < -0.39 is 0 Å². The van der Waals surface area contributed by atoms with Crippen LogP contribution in [0.15, 0.2) is 16.5 Å². The molecule has 3 heteroatoms. The summed E-state index contributed by atoms with van der Waals surface area (Å²) in [5.74, 6) is 1.85. The number of thiophene rings is 1. The van der Waals surface area contributed by atoms with Crippen LogP contribution >= 0.6 is 11.3 Å². The Morgan fingerprint density at radius 1 is 1.12 bits per heavy atom. The van der Waals surface area contributed by atoms with Crippen molar-refractivity contribution in [2.24, 2.45) is 5.73 Å². The molecule has 2 rings (SSSR count). The highest BCUT2D eigenvalue weighted by atomic mass is 32.1. The Morgan fingerprint density at radius 3 is 2.25 bits per heavy atom. The lowest BCUT2D eigenvalue weighted by Crippen LogP contribution is -2.12. The van der Waals surface area contributed by atoms with E-state index in [9.17, 15) is 0 Å².